The van der Waals surface area contributed by atoms with Gasteiger partial charge in [-0.3, -0.25) is 4.79 Å². The summed E-state index contributed by atoms with van der Waals surface area (Å²) < 4.78 is 7.51. The van der Waals surface area contributed by atoms with Crippen LogP contribution in [0.1, 0.15) is 23.2 Å². The van der Waals surface area contributed by atoms with Gasteiger partial charge in [0.25, 0.3) is 0 Å². The Morgan fingerprint density at radius 3 is 2.75 bits per heavy atom. The summed E-state index contributed by atoms with van der Waals surface area (Å²) in [6.45, 7) is 1.08. The van der Waals surface area contributed by atoms with Gasteiger partial charge in [0.2, 0.25) is 11.3 Å². The highest BCUT2D eigenvalue weighted by Gasteiger charge is 2.28. The molecule has 0 saturated carbocycles. The summed E-state index contributed by atoms with van der Waals surface area (Å²) in [7, 11) is 0. The lowest BCUT2D eigenvalue weighted by atomic mass is 10.1. The first kappa shape index (κ1) is 23.9. The van der Waals surface area contributed by atoms with Crippen molar-refractivity contribution >= 4 is 51.6 Å². The third-order valence-corrected chi connectivity index (χ3v) is 6.77. The van der Waals surface area contributed by atoms with Gasteiger partial charge in [0.1, 0.15) is 23.0 Å². The fourth-order valence-electron chi connectivity index (χ4n) is 4.44. The lowest BCUT2D eigenvalue weighted by Gasteiger charge is -2.28. The van der Waals surface area contributed by atoms with E-state index in [1.165, 1.54) is 18.5 Å². The van der Waals surface area contributed by atoms with Crippen LogP contribution in [0.2, 0.25) is 10.0 Å². The Kier molecular flexibility index (Phi) is 6.42. The Morgan fingerprint density at radius 2 is 2.03 bits per heavy atom. The number of hydrogen-bond acceptors (Lipinski definition) is 7. The van der Waals surface area contributed by atoms with E-state index in [0.717, 1.165) is 19.4 Å². The maximum Gasteiger partial charge on any atom is 0.341 e. The average Bonchev–Trinajstić information content (AvgIpc) is 3.32. The molecule has 0 amide bonds. The number of nitrogens with zero attached hydrogens (tertiary/aromatic N) is 4. The summed E-state index contributed by atoms with van der Waals surface area (Å²) in [4.78, 5) is 35.2. The summed E-state index contributed by atoms with van der Waals surface area (Å²) in [6, 6.07) is 10.1. The molecule has 0 spiro atoms. The Hall–Kier alpha value is -3.82. The highest BCUT2D eigenvalue weighted by molar-refractivity contribution is 6.34. The first-order valence-electron chi connectivity index (χ1n) is 11.2. The molecular weight excluding hydrogens is 505 g/mol. The number of aromatic nitrogens is 3. The molecule has 1 saturated heterocycles. The highest BCUT2D eigenvalue weighted by Crippen LogP contribution is 2.36. The summed E-state index contributed by atoms with van der Waals surface area (Å²) in [5, 5.41) is 10.6. The van der Waals surface area contributed by atoms with E-state index < -0.39 is 11.4 Å². The zero-order valence-corrected chi connectivity index (χ0v) is 20.4. The van der Waals surface area contributed by atoms with Gasteiger partial charge in [-0.2, -0.15) is 0 Å². The van der Waals surface area contributed by atoms with Gasteiger partial charge in [-0.15, -0.1) is 0 Å². The molecule has 4 heterocycles. The molecular formula is C25H21Cl2N5O4. The van der Waals surface area contributed by atoms with E-state index in [-0.39, 0.29) is 17.0 Å². The Bertz CT molecular complexity index is 1520. The van der Waals surface area contributed by atoms with Crippen LogP contribution in [-0.2, 0) is 0 Å². The second-order valence-electron chi connectivity index (χ2n) is 8.40. The number of anilines is 2. The maximum atomic E-state index is 13.0. The van der Waals surface area contributed by atoms with Gasteiger partial charge in [0, 0.05) is 24.3 Å². The molecule has 0 bridgehead atoms. The maximum absolute atomic E-state index is 13.0. The van der Waals surface area contributed by atoms with Crippen molar-refractivity contribution in [3.05, 3.63) is 80.8 Å². The number of halogens is 2. The number of fused-ring (bicyclic) bond motifs is 1. The number of nitrogens with two attached hydrogens (primary N) is 1. The van der Waals surface area contributed by atoms with E-state index in [4.69, 9.17) is 33.7 Å². The van der Waals surface area contributed by atoms with E-state index in [1.807, 2.05) is 0 Å². The van der Waals surface area contributed by atoms with Crippen LogP contribution in [0.15, 0.2) is 59.8 Å². The largest absolute Gasteiger partial charge is 0.477 e. The van der Waals surface area contributed by atoms with Gasteiger partial charge in [-0.1, -0.05) is 23.2 Å². The first-order valence-corrected chi connectivity index (χ1v) is 11.9. The van der Waals surface area contributed by atoms with Gasteiger partial charge < -0.3 is 25.0 Å². The smallest absolute Gasteiger partial charge is 0.341 e. The molecule has 4 aromatic rings. The number of benzene rings is 1. The second-order valence-corrected chi connectivity index (χ2v) is 9.21. The van der Waals surface area contributed by atoms with Crippen LogP contribution in [0.4, 0.5) is 11.5 Å². The summed E-state index contributed by atoms with van der Waals surface area (Å²) >= 11 is 12.9. The monoisotopic (exact) mass is 525 g/mol. The molecule has 0 radical (unpaired) electrons. The molecule has 5 rings (SSSR count). The van der Waals surface area contributed by atoms with Crippen LogP contribution in [0.3, 0.4) is 0 Å². The lowest BCUT2D eigenvalue weighted by Crippen LogP contribution is -2.34. The van der Waals surface area contributed by atoms with Crippen molar-refractivity contribution in [1.82, 2.24) is 14.5 Å². The van der Waals surface area contributed by atoms with Gasteiger partial charge in [0.05, 0.1) is 34.2 Å². The number of rotatable bonds is 6. The van der Waals surface area contributed by atoms with Crippen LogP contribution >= 0.6 is 23.2 Å². The minimum absolute atomic E-state index is 0.00493. The fraction of sp³-hybridized carbons (Fsp3) is 0.200. The SMILES string of the molecule is Nc1ccc(-n2cc(C(=O)O)c(=O)c3cc(Cl)c(N4CCC[C@@H]4COc4ncccc4Cl)cc32)cn1. The van der Waals surface area contributed by atoms with E-state index in [9.17, 15) is 14.7 Å². The highest BCUT2D eigenvalue weighted by atomic mass is 35.5. The minimum atomic E-state index is -1.33. The average molecular weight is 526 g/mol. The summed E-state index contributed by atoms with van der Waals surface area (Å²) in [5.74, 6) is -0.648. The molecule has 3 N–H and O–H groups in total. The van der Waals surface area contributed by atoms with Gasteiger partial charge in [-0.25, -0.2) is 14.8 Å². The predicted octanol–water partition coefficient (Wildman–Crippen LogP) is 4.42. The quantitative estimate of drug-likeness (QED) is 0.379. The Morgan fingerprint density at radius 1 is 1.19 bits per heavy atom. The van der Waals surface area contributed by atoms with E-state index in [2.05, 4.69) is 14.9 Å². The van der Waals surface area contributed by atoms with Crippen molar-refractivity contribution in [2.45, 2.75) is 18.9 Å². The normalized spacial score (nSPS) is 15.4. The Labute approximate surface area is 215 Å². The molecule has 1 aliphatic heterocycles. The lowest BCUT2D eigenvalue weighted by molar-refractivity contribution is 0.0695. The van der Waals surface area contributed by atoms with E-state index >= 15 is 0 Å². The molecule has 9 nitrogen and oxygen atoms in total. The molecule has 3 aromatic heterocycles. The zero-order chi connectivity index (χ0) is 25.4. The van der Waals surface area contributed by atoms with E-state index in [1.54, 1.807) is 41.1 Å². The first-order chi connectivity index (χ1) is 17.3. The van der Waals surface area contributed by atoms with Gasteiger partial charge in [0.15, 0.2) is 0 Å². The number of nitrogen functional groups attached to an aromatic ring is 1. The van der Waals surface area contributed by atoms with Crippen molar-refractivity contribution in [2.24, 2.45) is 0 Å². The molecule has 184 valence electrons. The number of hydrogen-bond donors (Lipinski definition) is 2. The molecule has 1 atom stereocenters. The number of aromatic carboxylic acids is 1. The molecule has 0 unspecified atom stereocenters. The molecule has 36 heavy (non-hydrogen) atoms. The summed E-state index contributed by atoms with van der Waals surface area (Å²) in [5.41, 5.74) is 6.50. The van der Waals surface area contributed by atoms with Crippen LogP contribution in [0.25, 0.3) is 16.6 Å². The topological polar surface area (TPSA) is 124 Å². The van der Waals surface area contributed by atoms with Gasteiger partial charge in [-0.05, 0) is 49.2 Å². The molecule has 1 aromatic carbocycles. The third kappa shape index (κ3) is 4.43. The number of carboxylic acid groups (broad SMARTS) is 1. The Balaban J connectivity index is 1.59. The minimum Gasteiger partial charge on any atom is -0.477 e. The van der Waals surface area contributed by atoms with Crippen LogP contribution in [0.5, 0.6) is 5.88 Å². The zero-order valence-electron chi connectivity index (χ0n) is 18.9. The number of ether oxygens (including phenoxy) is 1. The van der Waals surface area contributed by atoms with Crippen LogP contribution in [-0.4, -0.2) is 44.8 Å². The third-order valence-electron chi connectivity index (χ3n) is 6.18. The van der Waals surface area contributed by atoms with Crippen molar-refractivity contribution in [3.8, 4) is 11.6 Å². The van der Waals surface area contributed by atoms with Crippen molar-refractivity contribution in [1.29, 1.82) is 0 Å². The van der Waals surface area contributed by atoms with Crippen LogP contribution in [0, 0.1) is 0 Å². The van der Waals surface area contributed by atoms with Crippen molar-refractivity contribution < 1.29 is 14.6 Å². The molecule has 11 heteroatoms. The molecule has 0 aliphatic carbocycles. The van der Waals surface area contributed by atoms with Crippen molar-refractivity contribution in [2.75, 3.05) is 23.8 Å². The van der Waals surface area contributed by atoms with Crippen molar-refractivity contribution in [3.63, 3.8) is 0 Å². The number of carboxylic acids is 1. The van der Waals surface area contributed by atoms with Crippen LogP contribution < -0.4 is 20.8 Å². The molecule has 1 aliphatic rings. The van der Waals surface area contributed by atoms with E-state index in [0.29, 0.717) is 45.2 Å². The number of pyridine rings is 3. The summed E-state index contributed by atoms with van der Waals surface area (Å²) in [6.07, 6.45) is 6.22. The number of carbonyl (C=O) groups is 1. The molecule has 1 fully saturated rings. The fourth-order valence-corrected chi connectivity index (χ4v) is 4.89. The standard InChI is InChI=1S/C25H21Cl2N5O4/c26-18-4-1-7-29-24(18)36-13-15-3-2-8-31(15)21-10-20-16(9-19(21)27)23(33)17(25(34)35)12-32(20)14-5-6-22(28)30-11-14/h1,4-7,9-12,15H,2-3,8,13H2,(H2,28,30)(H,34,35)/t15-/m1/s1. The predicted molar refractivity (Wildman–Crippen MR) is 139 cm³/mol. The second kappa shape index (κ2) is 9.67. The van der Waals surface area contributed by atoms with Gasteiger partial charge >= 0.3 is 5.97 Å².